The Hall–Kier alpha value is -2.27. The highest BCUT2D eigenvalue weighted by Gasteiger charge is 2.29. The van der Waals surface area contributed by atoms with Gasteiger partial charge in [-0.2, -0.15) is 0 Å². The molecule has 2 aromatic rings. The lowest BCUT2D eigenvalue weighted by atomic mass is 10.1. The van der Waals surface area contributed by atoms with E-state index in [2.05, 4.69) is 36.5 Å². The van der Waals surface area contributed by atoms with Crippen LogP contribution in [-0.2, 0) is 16.1 Å². The van der Waals surface area contributed by atoms with Crippen LogP contribution >= 0.6 is 11.8 Å². The molecule has 2 aromatic carbocycles. The number of carbonyl (C=O) groups is 2. The summed E-state index contributed by atoms with van der Waals surface area (Å²) in [7, 11) is 0. The van der Waals surface area contributed by atoms with E-state index in [0.717, 1.165) is 22.4 Å². The number of nitrogens with one attached hydrogen (secondary N) is 1. The molecule has 0 saturated carbocycles. The summed E-state index contributed by atoms with van der Waals surface area (Å²) in [5, 5.41) is 3.07. The molecule has 0 unspecified atom stereocenters. The van der Waals surface area contributed by atoms with Crippen LogP contribution in [0.1, 0.15) is 56.7 Å². The molecule has 0 aliphatic carbocycles. The van der Waals surface area contributed by atoms with E-state index in [1.807, 2.05) is 52.0 Å². The summed E-state index contributed by atoms with van der Waals surface area (Å²) in [5.41, 5.74) is 3.44. The molecule has 1 N–H and O–H groups in total. The van der Waals surface area contributed by atoms with Crippen molar-refractivity contribution in [1.82, 2.24) is 10.2 Å². The topological polar surface area (TPSA) is 49.4 Å². The highest BCUT2D eigenvalue weighted by molar-refractivity contribution is 7.99. The smallest absolute Gasteiger partial charge is 0.243 e. The van der Waals surface area contributed by atoms with Crippen LogP contribution in [0.25, 0.3) is 0 Å². The van der Waals surface area contributed by atoms with Crippen LogP contribution in [0.4, 0.5) is 0 Å². The first-order chi connectivity index (χ1) is 14.8. The Labute approximate surface area is 191 Å². The van der Waals surface area contributed by atoms with Gasteiger partial charge in [-0.25, -0.2) is 0 Å². The van der Waals surface area contributed by atoms with Gasteiger partial charge in [0.15, 0.2) is 0 Å². The lowest BCUT2D eigenvalue weighted by Crippen LogP contribution is -2.50. The normalized spacial score (nSPS) is 12.8. The summed E-state index contributed by atoms with van der Waals surface area (Å²) in [5.74, 6) is 0.647. The predicted octanol–water partition coefficient (Wildman–Crippen LogP) is 5.51. The van der Waals surface area contributed by atoms with Crippen molar-refractivity contribution in [2.24, 2.45) is 0 Å². The number of nitrogens with zero attached hydrogens (tertiary/aromatic N) is 1. The largest absolute Gasteiger partial charge is 0.352 e. The molecule has 0 fully saturated rings. The molecule has 0 bridgehead atoms. The molecule has 31 heavy (non-hydrogen) atoms. The molecule has 0 aliphatic rings. The van der Waals surface area contributed by atoms with Crippen LogP contribution < -0.4 is 5.32 Å². The molecule has 0 spiro atoms. The zero-order chi connectivity index (χ0) is 22.8. The maximum Gasteiger partial charge on any atom is 0.243 e. The highest BCUT2D eigenvalue weighted by Crippen LogP contribution is 2.21. The van der Waals surface area contributed by atoms with Gasteiger partial charge in [-0.05, 0) is 56.9 Å². The number of hydrogen-bond acceptors (Lipinski definition) is 3. The Balaban J connectivity index is 2.14. The number of hydrogen-bond donors (Lipinski definition) is 1. The zero-order valence-electron chi connectivity index (χ0n) is 19.5. The fourth-order valence-electron chi connectivity index (χ4n) is 3.37. The minimum absolute atomic E-state index is 0.0222. The average Bonchev–Trinajstić information content (AvgIpc) is 2.76. The van der Waals surface area contributed by atoms with E-state index < -0.39 is 6.04 Å². The molecule has 0 heterocycles. The van der Waals surface area contributed by atoms with E-state index in [1.54, 1.807) is 16.7 Å². The third-order valence-corrected chi connectivity index (χ3v) is 6.61. The second-order valence-corrected chi connectivity index (χ2v) is 9.27. The Morgan fingerprint density at radius 2 is 1.68 bits per heavy atom. The summed E-state index contributed by atoms with van der Waals surface area (Å²) >= 11 is 1.68. The van der Waals surface area contributed by atoms with Crippen molar-refractivity contribution >= 4 is 23.6 Å². The molecule has 0 aliphatic heterocycles. The minimum atomic E-state index is -0.467. The second-order valence-electron chi connectivity index (χ2n) is 8.10. The van der Waals surface area contributed by atoms with Crippen molar-refractivity contribution in [2.75, 3.05) is 5.75 Å². The van der Waals surface area contributed by atoms with Crippen LogP contribution in [0.5, 0.6) is 0 Å². The van der Waals surface area contributed by atoms with Gasteiger partial charge in [0.25, 0.3) is 0 Å². The quantitative estimate of drug-likeness (QED) is 0.469. The van der Waals surface area contributed by atoms with Crippen molar-refractivity contribution < 1.29 is 9.59 Å². The molecular weight excluding hydrogens is 404 g/mol. The Bertz CT molecular complexity index is 851. The molecule has 2 rings (SSSR count). The van der Waals surface area contributed by atoms with Crippen LogP contribution in [0, 0.1) is 13.8 Å². The van der Waals surface area contributed by atoms with E-state index in [9.17, 15) is 9.59 Å². The molecule has 0 radical (unpaired) electrons. The summed E-state index contributed by atoms with van der Waals surface area (Å²) in [6.07, 6.45) is 1.85. The molecule has 0 aromatic heterocycles. The van der Waals surface area contributed by atoms with Gasteiger partial charge in [0.1, 0.15) is 6.04 Å². The van der Waals surface area contributed by atoms with Crippen molar-refractivity contribution in [2.45, 2.75) is 77.4 Å². The van der Waals surface area contributed by atoms with Gasteiger partial charge in [-0.15, -0.1) is 11.8 Å². The number of aryl methyl sites for hydroxylation is 2. The molecule has 2 amide bonds. The van der Waals surface area contributed by atoms with E-state index in [0.29, 0.717) is 25.1 Å². The maximum absolute atomic E-state index is 13.3. The van der Waals surface area contributed by atoms with E-state index in [1.165, 1.54) is 5.56 Å². The van der Waals surface area contributed by atoms with Crippen LogP contribution in [0.2, 0.25) is 0 Å². The predicted molar refractivity (Wildman–Crippen MR) is 130 cm³/mol. The van der Waals surface area contributed by atoms with Gasteiger partial charge >= 0.3 is 0 Å². The van der Waals surface area contributed by atoms with Crippen molar-refractivity contribution in [3.8, 4) is 0 Å². The monoisotopic (exact) mass is 440 g/mol. The van der Waals surface area contributed by atoms with Gasteiger partial charge < -0.3 is 10.2 Å². The SMILES string of the molecule is CC[C@H](C(=O)N[C@@H](C)CC)N(Cc1ccccc1C)C(=O)CCSc1ccc(C)cc1. The average molecular weight is 441 g/mol. The first kappa shape index (κ1) is 25.0. The third-order valence-electron chi connectivity index (χ3n) is 5.59. The standard InChI is InChI=1S/C26H36N2O2S/c1-6-21(5)27-26(30)24(7-2)28(18-22-11-9-8-10-20(22)4)25(29)16-17-31-23-14-12-19(3)13-15-23/h8-15,21,24H,6-7,16-18H2,1-5H3,(H,27,30)/t21-,24+/m0/s1. The van der Waals surface area contributed by atoms with Crippen LogP contribution in [0.15, 0.2) is 53.4 Å². The maximum atomic E-state index is 13.3. The van der Waals surface area contributed by atoms with Crippen molar-refractivity contribution in [3.63, 3.8) is 0 Å². The minimum Gasteiger partial charge on any atom is -0.352 e. The Kier molecular flexibility index (Phi) is 10.1. The van der Waals surface area contributed by atoms with E-state index in [4.69, 9.17) is 0 Å². The van der Waals surface area contributed by atoms with Crippen LogP contribution in [-0.4, -0.2) is 34.6 Å². The van der Waals surface area contributed by atoms with Crippen molar-refractivity contribution in [3.05, 3.63) is 65.2 Å². The fourth-order valence-corrected chi connectivity index (χ4v) is 4.21. The molecular formula is C26H36N2O2S. The van der Waals surface area contributed by atoms with Gasteiger partial charge in [-0.1, -0.05) is 55.8 Å². The highest BCUT2D eigenvalue weighted by atomic mass is 32.2. The molecule has 5 heteroatoms. The first-order valence-corrected chi connectivity index (χ1v) is 12.2. The molecule has 4 nitrogen and oxygen atoms in total. The van der Waals surface area contributed by atoms with Gasteiger partial charge in [0.05, 0.1) is 0 Å². The van der Waals surface area contributed by atoms with Gasteiger partial charge in [-0.3, -0.25) is 9.59 Å². The van der Waals surface area contributed by atoms with Gasteiger partial charge in [0, 0.05) is 29.7 Å². The van der Waals surface area contributed by atoms with Crippen LogP contribution in [0.3, 0.4) is 0 Å². The number of thioether (sulfide) groups is 1. The number of amides is 2. The zero-order valence-corrected chi connectivity index (χ0v) is 20.3. The molecule has 168 valence electrons. The second kappa shape index (κ2) is 12.6. The summed E-state index contributed by atoms with van der Waals surface area (Å²) in [6, 6.07) is 16.0. The fraction of sp³-hybridized carbons (Fsp3) is 0.462. The molecule has 0 saturated heterocycles. The summed E-state index contributed by atoms with van der Waals surface area (Å²) < 4.78 is 0. The number of rotatable bonds is 11. The van der Waals surface area contributed by atoms with Crippen molar-refractivity contribution in [1.29, 1.82) is 0 Å². The van der Waals surface area contributed by atoms with E-state index in [-0.39, 0.29) is 17.9 Å². The Morgan fingerprint density at radius 3 is 2.29 bits per heavy atom. The lowest BCUT2D eigenvalue weighted by Gasteiger charge is -2.32. The number of carbonyl (C=O) groups excluding carboxylic acids is 2. The number of benzene rings is 2. The Morgan fingerprint density at radius 1 is 1.00 bits per heavy atom. The first-order valence-electron chi connectivity index (χ1n) is 11.2. The third kappa shape index (κ3) is 7.73. The summed E-state index contributed by atoms with van der Waals surface area (Å²) in [6.45, 7) is 10.6. The molecule has 2 atom stereocenters. The van der Waals surface area contributed by atoms with Gasteiger partial charge in [0.2, 0.25) is 11.8 Å². The lowest BCUT2D eigenvalue weighted by molar-refractivity contribution is -0.141. The summed E-state index contributed by atoms with van der Waals surface area (Å²) in [4.78, 5) is 29.2. The van der Waals surface area contributed by atoms with E-state index >= 15 is 0 Å².